The van der Waals surface area contributed by atoms with Crippen molar-refractivity contribution in [1.82, 2.24) is 4.90 Å². The molecule has 1 heterocycles. The maximum absolute atomic E-state index is 5.44. The van der Waals surface area contributed by atoms with Crippen LogP contribution in [0.2, 0.25) is 0 Å². The fourth-order valence-corrected chi connectivity index (χ4v) is 1.98. The lowest BCUT2D eigenvalue weighted by atomic mass is 10.2. The first kappa shape index (κ1) is 11.0. The lowest BCUT2D eigenvalue weighted by molar-refractivity contribution is 0.348. The minimum Gasteiger partial charge on any atom is -0.374 e. The SMILES string of the molecule is NCC=CN1CCN(c2ccccc2)CC1. The molecule has 0 unspecified atom stereocenters. The summed E-state index contributed by atoms with van der Waals surface area (Å²) in [6, 6.07) is 10.6. The summed E-state index contributed by atoms with van der Waals surface area (Å²) in [4.78, 5) is 4.75. The van der Waals surface area contributed by atoms with Gasteiger partial charge in [-0.15, -0.1) is 0 Å². The van der Waals surface area contributed by atoms with Gasteiger partial charge in [0.2, 0.25) is 0 Å². The van der Waals surface area contributed by atoms with E-state index in [0.717, 1.165) is 26.2 Å². The van der Waals surface area contributed by atoms with Crippen molar-refractivity contribution >= 4 is 5.69 Å². The van der Waals surface area contributed by atoms with Crippen LogP contribution in [0, 0.1) is 0 Å². The van der Waals surface area contributed by atoms with Crippen molar-refractivity contribution in [3.63, 3.8) is 0 Å². The molecule has 0 bridgehead atoms. The van der Waals surface area contributed by atoms with Gasteiger partial charge in [0, 0.05) is 38.4 Å². The van der Waals surface area contributed by atoms with Gasteiger partial charge in [-0.25, -0.2) is 0 Å². The Bertz CT molecular complexity index is 326. The monoisotopic (exact) mass is 217 g/mol. The molecule has 1 aliphatic rings. The third-order valence-electron chi connectivity index (χ3n) is 2.89. The van der Waals surface area contributed by atoms with E-state index in [1.807, 2.05) is 6.08 Å². The minimum atomic E-state index is 0.624. The number of para-hydroxylation sites is 1. The lowest BCUT2D eigenvalue weighted by Gasteiger charge is -2.35. The quantitative estimate of drug-likeness (QED) is 0.828. The van der Waals surface area contributed by atoms with E-state index in [1.54, 1.807) is 0 Å². The Morgan fingerprint density at radius 1 is 1.06 bits per heavy atom. The van der Waals surface area contributed by atoms with Crippen LogP contribution in [0.3, 0.4) is 0 Å². The van der Waals surface area contributed by atoms with Crippen molar-refractivity contribution in [3.8, 4) is 0 Å². The van der Waals surface area contributed by atoms with E-state index in [1.165, 1.54) is 5.69 Å². The third kappa shape index (κ3) is 2.76. The number of hydrogen-bond donors (Lipinski definition) is 1. The normalized spacial score (nSPS) is 17.1. The Hall–Kier alpha value is -1.48. The van der Waals surface area contributed by atoms with E-state index in [4.69, 9.17) is 5.73 Å². The Morgan fingerprint density at radius 2 is 1.75 bits per heavy atom. The highest BCUT2D eigenvalue weighted by molar-refractivity contribution is 5.46. The van der Waals surface area contributed by atoms with Crippen LogP contribution >= 0.6 is 0 Å². The van der Waals surface area contributed by atoms with Crippen molar-refractivity contribution in [2.45, 2.75) is 0 Å². The summed E-state index contributed by atoms with van der Waals surface area (Å²) >= 11 is 0. The van der Waals surface area contributed by atoms with E-state index in [-0.39, 0.29) is 0 Å². The molecule has 3 heteroatoms. The van der Waals surface area contributed by atoms with Gasteiger partial charge in [0.1, 0.15) is 0 Å². The van der Waals surface area contributed by atoms with Gasteiger partial charge < -0.3 is 15.5 Å². The number of nitrogens with zero attached hydrogens (tertiary/aromatic N) is 2. The van der Waals surface area contributed by atoms with E-state index >= 15 is 0 Å². The van der Waals surface area contributed by atoms with Gasteiger partial charge in [-0.3, -0.25) is 0 Å². The first-order chi connectivity index (χ1) is 7.90. The standard InChI is InChI=1S/C13H19N3/c14-7-4-8-15-9-11-16(12-10-15)13-5-2-1-3-6-13/h1-6,8H,7,9-12,14H2. The number of nitrogens with two attached hydrogens (primary N) is 1. The molecule has 86 valence electrons. The fraction of sp³-hybridized carbons (Fsp3) is 0.385. The molecule has 1 saturated heterocycles. The molecule has 0 atom stereocenters. The van der Waals surface area contributed by atoms with Gasteiger partial charge in [0.05, 0.1) is 0 Å². The first-order valence-electron chi connectivity index (χ1n) is 5.81. The molecule has 0 radical (unpaired) electrons. The summed E-state index contributed by atoms with van der Waals surface area (Å²) in [5.74, 6) is 0. The molecule has 0 aromatic heterocycles. The van der Waals surface area contributed by atoms with Gasteiger partial charge in [-0.1, -0.05) is 24.3 Å². The van der Waals surface area contributed by atoms with Crippen LogP contribution in [-0.4, -0.2) is 37.6 Å². The third-order valence-corrected chi connectivity index (χ3v) is 2.89. The van der Waals surface area contributed by atoms with Crippen LogP contribution in [0.25, 0.3) is 0 Å². The second-order valence-electron chi connectivity index (χ2n) is 3.98. The van der Waals surface area contributed by atoms with Gasteiger partial charge >= 0.3 is 0 Å². The van der Waals surface area contributed by atoms with E-state index in [0.29, 0.717) is 6.54 Å². The molecule has 1 aliphatic heterocycles. The largest absolute Gasteiger partial charge is 0.374 e. The van der Waals surface area contributed by atoms with Crippen LogP contribution < -0.4 is 10.6 Å². The molecule has 0 saturated carbocycles. The van der Waals surface area contributed by atoms with Crippen LogP contribution in [0.5, 0.6) is 0 Å². The summed E-state index contributed by atoms with van der Waals surface area (Å²) < 4.78 is 0. The van der Waals surface area contributed by atoms with E-state index < -0.39 is 0 Å². The molecule has 2 rings (SSSR count). The zero-order chi connectivity index (χ0) is 11.2. The number of rotatable bonds is 3. The van der Waals surface area contributed by atoms with Crippen LogP contribution in [0.4, 0.5) is 5.69 Å². The summed E-state index contributed by atoms with van der Waals surface area (Å²) in [5.41, 5.74) is 6.76. The fourth-order valence-electron chi connectivity index (χ4n) is 1.98. The Labute approximate surface area is 97.2 Å². The predicted octanol–water partition coefficient (Wildman–Crippen LogP) is 1.28. The zero-order valence-corrected chi connectivity index (χ0v) is 9.55. The van der Waals surface area contributed by atoms with Gasteiger partial charge in [-0.05, 0) is 18.3 Å². The molecule has 0 aliphatic carbocycles. The highest BCUT2D eigenvalue weighted by atomic mass is 15.3. The van der Waals surface area contributed by atoms with Crippen LogP contribution in [-0.2, 0) is 0 Å². The van der Waals surface area contributed by atoms with Crippen LogP contribution in [0.15, 0.2) is 42.6 Å². The highest BCUT2D eigenvalue weighted by Gasteiger charge is 2.13. The second-order valence-corrected chi connectivity index (χ2v) is 3.98. The van der Waals surface area contributed by atoms with Crippen molar-refractivity contribution < 1.29 is 0 Å². The maximum Gasteiger partial charge on any atom is 0.0367 e. The topological polar surface area (TPSA) is 32.5 Å². The Balaban J connectivity index is 1.88. The van der Waals surface area contributed by atoms with E-state index in [9.17, 15) is 0 Å². The predicted molar refractivity (Wildman–Crippen MR) is 68.4 cm³/mol. The summed E-state index contributed by atoms with van der Waals surface area (Å²) in [6.07, 6.45) is 4.13. The molecule has 2 N–H and O–H groups in total. The summed E-state index contributed by atoms with van der Waals surface area (Å²) in [6.45, 7) is 4.94. The molecule has 1 aromatic rings. The number of piperazine rings is 1. The first-order valence-corrected chi connectivity index (χ1v) is 5.81. The number of anilines is 1. The zero-order valence-electron chi connectivity index (χ0n) is 9.55. The molecule has 0 amide bonds. The molecule has 1 fully saturated rings. The van der Waals surface area contributed by atoms with Crippen molar-refractivity contribution in [1.29, 1.82) is 0 Å². The van der Waals surface area contributed by atoms with Gasteiger partial charge in [-0.2, -0.15) is 0 Å². The van der Waals surface area contributed by atoms with E-state index in [2.05, 4.69) is 46.3 Å². The second kappa shape index (κ2) is 5.56. The summed E-state index contributed by atoms with van der Waals surface area (Å²) in [7, 11) is 0. The molecule has 3 nitrogen and oxygen atoms in total. The number of benzene rings is 1. The lowest BCUT2D eigenvalue weighted by Crippen LogP contribution is -2.44. The average Bonchev–Trinajstić information content (AvgIpc) is 2.38. The maximum atomic E-state index is 5.44. The Morgan fingerprint density at radius 3 is 2.38 bits per heavy atom. The number of hydrogen-bond acceptors (Lipinski definition) is 3. The van der Waals surface area contributed by atoms with Crippen LogP contribution in [0.1, 0.15) is 0 Å². The molecule has 1 aromatic carbocycles. The average molecular weight is 217 g/mol. The van der Waals surface area contributed by atoms with Gasteiger partial charge in [0.25, 0.3) is 0 Å². The molecular weight excluding hydrogens is 198 g/mol. The van der Waals surface area contributed by atoms with Crippen molar-refractivity contribution in [3.05, 3.63) is 42.6 Å². The van der Waals surface area contributed by atoms with Gasteiger partial charge in [0.15, 0.2) is 0 Å². The Kier molecular flexibility index (Phi) is 3.83. The smallest absolute Gasteiger partial charge is 0.0367 e. The van der Waals surface area contributed by atoms with Crippen molar-refractivity contribution in [2.75, 3.05) is 37.6 Å². The van der Waals surface area contributed by atoms with Crippen molar-refractivity contribution in [2.24, 2.45) is 5.73 Å². The minimum absolute atomic E-state index is 0.624. The molecule has 0 spiro atoms. The molecule has 16 heavy (non-hydrogen) atoms. The molecular formula is C13H19N3. The summed E-state index contributed by atoms with van der Waals surface area (Å²) in [5, 5.41) is 0. The highest BCUT2D eigenvalue weighted by Crippen LogP contribution is 2.15.